The molecule has 0 heterocycles. The molecule has 0 saturated heterocycles. The highest BCUT2D eigenvalue weighted by atomic mass is 16.1. The van der Waals surface area contributed by atoms with Gasteiger partial charge in [-0.25, -0.2) is 0 Å². The van der Waals surface area contributed by atoms with Crippen molar-refractivity contribution in [3.8, 4) is 11.1 Å². The highest BCUT2D eigenvalue weighted by molar-refractivity contribution is 5.97. The minimum atomic E-state index is 0.163. The Labute approximate surface area is 150 Å². The second-order valence-corrected chi connectivity index (χ2v) is 6.59. The summed E-state index contributed by atoms with van der Waals surface area (Å²) in [5.74, 6) is 0.728. The van der Waals surface area contributed by atoms with Gasteiger partial charge < -0.3 is 0 Å². The van der Waals surface area contributed by atoms with Gasteiger partial charge in [-0.3, -0.25) is 4.79 Å². The van der Waals surface area contributed by atoms with E-state index in [0.717, 1.165) is 23.1 Å². The van der Waals surface area contributed by atoms with E-state index in [9.17, 15) is 4.79 Å². The van der Waals surface area contributed by atoms with E-state index in [1.165, 1.54) is 11.1 Å². The molecule has 3 rings (SSSR count). The fraction of sp³-hybridized carbons (Fsp3) is 0.208. The summed E-state index contributed by atoms with van der Waals surface area (Å²) < 4.78 is 0. The normalized spacial score (nSPS) is 11.9. The molecular formula is C24H24O. The summed E-state index contributed by atoms with van der Waals surface area (Å²) in [5.41, 5.74) is 5.48. The van der Waals surface area contributed by atoms with Crippen molar-refractivity contribution in [2.45, 2.75) is 32.6 Å². The second kappa shape index (κ2) is 7.94. The topological polar surface area (TPSA) is 17.1 Å². The van der Waals surface area contributed by atoms with Gasteiger partial charge in [0.15, 0.2) is 5.78 Å². The third-order valence-corrected chi connectivity index (χ3v) is 4.84. The van der Waals surface area contributed by atoms with Crippen molar-refractivity contribution in [1.82, 2.24) is 0 Å². The van der Waals surface area contributed by atoms with E-state index in [2.05, 4.69) is 50.2 Å². The summed E-state index contributed by atoms with van der Waals surface area (Å²) >= 11 is 0. The van der Waals surface area contributed by atoms with Gasteiger partial charge >= 0.3 is 0 Å². The van der Waals surface area contributed by atoms with Crippen LogP contribution in [0.15, 0.2) is 78.9 Å². The summed E-state index contributed by atoms with van der Waals surface area (Å²) in [6, 6.07) is 26.6. The van der Waals surface area contributed by atoms with E-state index in [0.29, 0.717) is 12.3 Å². The molecule has 0 aliphatic rings. The van der Waals surface area contributed by atoms with Crippen LogP contribution in [0.4, 0.5) is 0 Å². The van der Waals surface area contributed by atoms with Gasteiger partial charge in [-0.2, -0.15) is 0 Å². The molecule has 0 N–H and O–H groups in total. The van der Waals surface area contributed by atoms with E-state index < -0.39 is 0 Å². The lowest BCUT2D eigenvalue weighted by molar-refractivity contribution is 0.0993. The van der Waals surface area contributed by atoms with Crippen molar-refractivity contribution < 1.29 is 4.79 Å². The van der Waals surface area contributed by atoms with Crippen LogP contribution in [0, 0.1) is 0 Å². The molecule has 1 nitrogen and oxygen atoms in total. The monoisotopic (exact) mass is 328 g/mol. The summed E-state index contributed by atoms with van der Waals surface area (Å²) in [5, 5.41) is 0. The van der Waals surface area contributed by atoms with Gasteiger partial charge in [0, 0.05) is 12.0 Å². The van der Waals surface area contributed by atoms with E-state index in [1.807, 2.05) is 42.5 Å². The molecule has 0 spiro atoms. The number of hydrogen-bond acceptors (Lipinski definition) is 1. The highest BCUT2D eigenvalue weighted by Gasteiger charge is 2.09. The van der Waals surface area contributed by atoms with Crippen molar-refractivity contribution in [3.05, 3.63) is 95.6 Å². The molecule has 1 unspecified atom stereocenters. The van der Waals surface area contributed by atoms with Gasteiger partial charge in [-0.05, 0) is 34.6 Å². The Morgan fingerprint density at radius 2 is 1.40 bits per heavy atom. The molecule has 1 atom stereocenters. The lowest BCUT2D eigenvalue weighted by Gasteiger charge is -2.09. The molecule has 0 fully saturated rings. The van der Waals surface area contributed by atoms with Gasteiger partial charge in [-0.1, -0.05) is 92.7 Å². The van der Waals surface area contributed by atoms with E-state index in [1.54, 1.807) is 0 Å². The third-order valence-electron chi connectivity index (χ3n) is 4.84. The summed E-state index contributed by atoms with van der Waals surface area (Å²) in [7, 11) is 0. The number of ketones is 1. The van der Waals surface area contributed by atoms with Crippen molar-refractivity contribution in [1.29, 1.82) is 0 Å². The average Bonchev–Trinajstić information content (AvgIpc) is 2.68. The van der Waals surface area contributed by atoms with Crippen molar-refractivity contribution in [2.24, 2.45) is 0 Å². The molecule has 25 heavy (non-hydrogen) atoms. The lowest BCUT2D eigenvalue weighted by atomic mass is 9.95. The number of rotatable bonds is 6. The number of carbonyl (C=O) groups is 1. The van der Waals surface area contributed by atoms with E-state index in [-0.39, 0.29) is 5.78 Å². The average molecular weight is 328 g/mol. The van der Waals surface area contributed by atoms with E-state index in [4.69, 9.17) is 0 Å². The summed E-state index contributed by atoms with van der Waals surface area (Å²) in [6.07, 6.45) is 1.58. The number of carbonyl (C=O) groups excluding carboxylic acids is 1. The van der Waals surface area contributed by atoms with Crippen LogP contribution in [0.2, 0.25) is 0 Å². The van der Waals surface area contributed by atoms with Crippen molar-refractivity contribution in [3.63, 3.8) is 0 Å². The van der Waals surface area contributed by atoms with Crippen LogP contribution in [-0.4, -0.2) is 5.78 Å². The minimum Gasteiger partial charge on any atom is -0.294 e. The SMILES string of the molecule is CCC(C)c1ccc(CC(=O)c2ccc(-c3ccccc3)cc2)cc1. The first-order chi connectivity index (χ1) is 12.2. The smallest absolute Gasteiger partial charge is 0.167 e. The molecule has 0 aliphatic heterocycles. The molecule has 126 valence electrons. The Morgan fingerprint density at radius 3 is 2.00 bits per heavy atom. The van der Waals surface area contributed by atoms with Crippen LogP contribution in [0.1, 0.15) is 47.7 Å². The Bertz CT molecular complexity index is 814. The third kappa shape index (κ3) is 4.24. The van der Waals surface area contributed by atoms with Gasteiger partial charge in [0.2, 0.25) is 0 Å². The van der Waals surface area contributed by atoms with E-state index >= 15 is 0 Å². The minimum absolute atomic E-state index is 0.163. The molecule has 0 radical (unpaired) electrons. The van der Waals surface area contributed by atoms with Crippen LogP contribution in [0.25, 0.3) is 11.1 Å². The van der Waals surface area contributed by atoms with Crippen LogP contribution in [0.5, 0.6) is 0 Å². The first kappa shape index (κ1) is 17.2. The molecule has 3 aromatic carbocycles. The standard InChI is InChI=1S/C24H24O/c1-3-18(2)20-11-9-19(10-12-20)17-24(25)23-15-13-22(14-16-23)21-7-5-4-6-8-21/h4-16,18H,3,17H2,1-2H3. The Morgan fingerprint density at radius 1 is 0.800 bits per heavy atom. The highest BCUT2D eigenvalue weighted by Crippen LogP contribution is 2.21. The molecule has 3 aromatic rings. The number of Topliss-reactive ketones (excluding diaryl/α,β-unsaturated/α-hetero) is 1. The predicted octanol–water partition coefficient (Wildman–Crippen LogP) is 6.29. The Hall–Kier alpha value is -2.67. The number of hydrogen-bond donors (Lipinski definition) is 0. The van der Waals surface area contributed by atoms with Crippen molar-refractivity contribution >= 4 is 5.78 Å². The fourth-order valence-electron chi connectivity index (χ4n) is 2.97. The maximum Gasteiger partial charge on any atom is 0.167 e. The zero-order chi connectivity index (χ0) is 17.6. The molecule has 0 saturated carbocycles. The molecule has 1 heteroatoms. The zero-order valence-electron chi connectivity index (χ0n) is 14.9. The van der Waals surface area contributed by atoms with Gasteiger partial charge in [-0.15, -0.1) is 0 Å². The molecule has 0 aliphatic carbocycles. The molecule has 0 amide bonds. The summed E-state index contributed by atoms with van der Waals surface area (Å²) in [6.45, 7) is 4.43. The van der Waals surface area contributed by atoms with Crippen LogP contribution < -0.4 is 0 Å². The summed E-state index contributed by atoms with van der Waals surface area (Å²) in [4.78, 5) is 12.5. The number of benzene rings is 3. The van der Waals surface area contributed by atoms with Gasteiger partial charge in [0.25, 0.3) is 0 Å². The molecular weight excluding hydrogens is 304 g/mol. The largest absolute Gasteiger partial charge is 0.294 e. The lowest BCUT2D eigenvalue weighted by Crippen LogP contribution is -2.03. The predicted molar refractivity (Wildman–Crippen MR) is 105 cm³/mol. The fourth-order valence-corrected chi connectivity index (χ4v) is 2.97. The van der Waals surface area contributed by atoms with Crippen molar-refractivity contribution in [2.75, 3.05) is 0 Å². The Balaban J connectivity index is 1.69. The van der Waals surface area contributed by atoms with Gasteiger partial charge in [0.1, 0.15) is 0 Å². The van der Waals surface area contributed by atoms with Crippen LogP contribution in [-0.2, 0) is 6.42 Å². The second-order valence-electron chi connectivity index (χ2n) is 6.59. The van der Waals surface area contributed by atoms with Crippen LogP contribution in [0.3, 0.4) is 0 Å². The molecule has 0 bridgehead atoms. The quantitative estimate of drug-likeness (QED) is 0.486. The van der Waals surface area contributed by atoms with Crippen LogP contribution >= 0.6 is 0 Å². The van der Waals surface area contributed by atoms with Gasteiger partial charge in [0.05, 0.1) is 0 Å². The first-order valence-corrected chi connectivity index (χ1v) is 8.95. The first-order valence-electron chi connectivity index (χ1n) is 8.95. The zero-order valence-corrected chi connectivity index (χ0v) is 14.9. The molecule has 0 aromatic heterocycles. The maximum atomic E-state index is 12.5. The maximum absolute atomic E-state index is 12.5. The Kier molecular flexibility index (Phi) is 5.45.